The Kier molecular flexibility index (Phi) is 3.85. The molecular formula is C19H19FN4O2S. The average Bonchev–Trinajstić information content (AvgIpc) is 3.02. The largest absolute Gasteiger partial charge is 0.369 e. The number of sulfonamides is 1. The Bertz CT molecular complexity index is 1100. The molecule has 2 heterocycles. The van der Waals surface area contributed by atoms with Gasteiger partial charge in [-0.05, 0) is 54.0 Å². The van der Waals surface area contributed by atoms with Crippen LogP contribution in [0.15, 0.2) is 41.5 Å². The van der Waals surface area contributed by atoms with Crippen molar-refractivity contribution in [2.45, 2.75) is 18.9 Å². The van der Waals surface area contributed by atoms with Gasteiger partial charge in [0.1, 0.15) is 11.4 Å². The van der Waals surface area contributed by atoms with Crippen LogP contribution in [0.2, 0.25) is 0 Å². The van der Waals surface area contributed by atoms with Crippen LogP contribution in [0, 0.1) is 5.82 Å². The van der Waals surface area contributed by atoms with Crippen LogP contribution in [-0.4, -0.2) is 36.5 Å². The number of pyridine rings is 1. The van der Waals surface area contributed by atoms with Gasteiger partial charge in [0.2, 0.25) is 16.0 Å². The van der Waals surface area contributed by atoms with E-state index in [1.54, 1.807) is 19.2 Å². The molecule has 4 rings (SSSR count). The highest BCUT2D eigenvalue weighted by molar-refractivity contribution is 7.89. The zero-order valence-corrected chi connectivity index (χ0v) is 15.8. The van der Waals surface area contributed by atoms with Gasteiger partial charge < -0.3 is 5.73 Å². The van der Waals surface area contributed by atoms with Crippen molar-refractivity contribution in [1.82, 2.24) is 9.29 Å². The Morgan fingerprint density at radius 1 is 1.30 bits per heavy atom. The minimum absolute atomic E-state index is 0.143. The lowest BCUT2D eigenvalue weighted by Gasteiger charge is -2.34. The van der Waals surface area contributed by atoms with Gasteiger partial charge in [0, 0.05) is 25.2 Å². The molecule has 6 nitrogen and oxygen atoms in total. The fourth-order valence-corrected chi connectivity index (χ4v) is 5.03. The van der Waals surface area contributed by atoms with Gasteiger partial charge in [-0.25, -0.2) is 22.1 Å². The molecule has 0 spiro atoms. The highest BCUT2D eigenvalue weighted by Crippen LogP contribution is 2.38. The summed E-state index contributed by atoms with van der Waals surface area (Å²) in [6.45, 7) is 1.59. The number of benzene rings is 1. The van der Waals surface area contributed by atoms with E-state index in [0.29, 0.717) is 6.42 Å². The second-order valence-corrected chi connectivity index (χ2v) is 9.06. The summed E-state index contributed by atoms with van der Waals surface area (Å²) in [6.07, 6.45) is 4.23. The highest BCUT2D eigenvalue weighted by Gasteiger charge is 2.42. The summed E-state index contributed by atoms with van der Waals surface area (Å²) >= 11 is 0. The Morgan fingerprint density at radius 3 is 2.74 bits per heavy atom. The van der Waals surface area contributed by atoms with Crippen LogP contribution in [0.25, 0.3) is 11.6 Å². The molecule has 1 aliphatic heterocycles. The van der Waals surface area contributed by atoms with Gasteiger partial charge >= 0.3 is 0 Å². The Hall–Kier alpha value is -2.74. The lowest BCUT2D eigenvalue weighted by atomic mass is 9.91. The molecule has 0 bridgehead atoms. The van der Waals surface area contributed by atoms with E-state index in [1.165, 1.54) is 13.1 Å². The van der Waals surface area contributed by atoms with Gasteiger partial charge in [0.05, 0.1) is 11.4 Å². The van der Waals surface area contributed by atoms with Gasteiger partial charge in [-0.3, -0.25) is 4.98 Å². The number of rotatable bonds is 2. The minimum Gasteiger partial charge on any atom is -0.369 e. The number of nitrogens with two attached hydrogens (primary N) is 1. The molecule has 1 aromatic carbocycles. The highest BCUT2D eigenvalue weighted by atomic mass is 32.2. The molecular weight excluding hydrogens is 367 g/mol. The molecule has 27 heavy (non-hydrogen) atoms. The number of allylic oxidation sites excluding steroid dienone is 1. The third-order valence-electron chi connectivity index (χ3n) is 5.08. The monoisotopic (exact) mass is 386 g/mol. The van der Waals surface area contributed by atoms with E-state index in [1.807, 2.05) is 24.3 Å². The van der Waals surface area contributed by atoms with Crippen molar-refractivity contribution in [3.05, 3.63) is 64.7 Å². The van der Waals surface area contributed by atoms with Crippen molar-refractivity contribution in [1.29, 1.82) is 0 Å². The van der Waals surface area contributed by atoms with Crippen molar-refractivity contribution >= 4 is 27.6 Å². The first-order valence-corrected chi connectivity index (χ1v) is 10.1. The number of halogens is 1. The van der Waals surface area contributed by atoms with Crippen LogP contribution in [0.4, 0.5) is 4.39 Å². The van der Waals surface area contributed by atoms with E-state index < -0.39 is 21.4 Å². The normalized spacial score (nSPS) is 23.6. The summed E-state index contributed by atoms with van der Waals surface area (Å²) in [7, 11) is -2.32. The predicted octanol–water partition coefficient (Wildman–Crippen LogP) is 2.12. The number of hydrogen-bond acceptors (Lipinski definition) is 5. The Labute approximate surface area is 157 Å². The van der Waals surface area contributed by atoms with Crippen LogP contribution < -0.4 is 5.73 Å². The van der Waals surface area contributed by atoms with E-state index in [9.17, 15) is 12.8 Å². The van der Waals surface area contributed by atoms with Gasteiger partial charge in [-0.2, -0.15) is 0 Å². The summed E-state index contributed by atoms with van der Waals surface area (Å²) in [4.78, 5) is 8.64. The van der Waals surface area contributed by atoms with Crippen LogP contribution in [-0.2, 0) is 22.0 Å². The molecule has 2 N–H and O–H groups in total. The number of hydrogen-bond donors (Lipinski definition) is 1. The number of nitrogens with zero attached hydrogens (tertiary/aromatic N) is 3. The van der Waals surface area contributed by atoms with E-state index in [4.69, 9.17) is 5.73 Å². The summed E-state index contributed by atoms with van der Waals surface area (Å²) in [5.74, 6) is -0.977. The first-order chi connectivity index (χ1) is 12.7. The van der Waals surface area contributed by atoms with E-state index in [-0.39, 0.29) is 17.3 Å². The fourth-order valence-electron chi connectivity index (χ4n) is 3.58. The van der Waals surface area contributed by atoms with E-state index in [0.717, 1.165) is 26.7 Å². The van der Waals surface area contributed by atoms with Gasteiger partial charge in [0.25, 0.3) is 0 Å². The SMILES string of the molecule is CN1C(N)=N[C@](C)(c2cc3c(cc2F)C=C(c2ccccn2)C3)CS1(=O)=O. The topological polar surface area (TPSA) is 88.7 Å². The lowest BCUT2D eigenvalue weighted by Crippen LogP contribution is -2.50. The molecule has 0 fully saturated rings. The van der Waals surface area contributed by atoms with Gasteiger partial charge in [-0.15, -0.1) is 0 Å². The van der Waals surface area contributed by atoms with Gasteiger partial charge in [0.15, 0.2) is 0 Å². The first kappa shape index (κ1) is 17.7. The summed E-state index contributed by atoms with van der Waals surface area (Å²) < 4.78 is 40.6. The van der Waals surface area contributed by atoms with Crippen LogP contribution in [0.1, 0.15) is 29.3 Å². The van der Waals surface area contributed by atoms with E-state index >= 15 is 0 Å². The second-order valence-electron chi connectivity index (χ2n) is 7.06. The zero-order valence-electron chi connectivity index (χ0n) is 15.0. The van der Waals surface area contributed by atoms with Crippen molar-refractivity contribution < 1.29 is 12.8 Å². The molecule has 0 amide bonds. The van der Waals surface area contributed by atoms with Crippen LogP contribution >= 0.6 is 0 Å². The zero-order chi connectivity index (χ0) is 19.4. The summed E-state index contributed by atoms with van der Waals surface area (Å²) in [5.41, 5.74) is 8.26. The van der Waals surface area contributed by atoms with Crippen molar-refractivity contribution in [2.75, 3.05) is 12.8 Å². The first-order valence-electron chi connectivity index (χ1n) is 8.46. The number of aliphatic imine (C=N–C) groups is 1. The average molecular weight is 386 g/mol. The van der Waals surface area contributed by atoms with Gasteiger partial charge in [-0.1, -0.05) is 6.07 Å². The quantitative estimate of drug-likeness (QED) is 0.856. The maximum Gasteiger partial charge on any atom is 0.239 e. The molecule has 0 saturated carbocycles. The molecule has 0 saturated heterocycles. The molecule has 1 aliphatic carbocycles. The third kappa shape index (κ3) is 2.90. The smallest absolute Gasteiger partial charge is 0.239 e. The second kappa shape index (κ2) is 5.88. The fraction of sp³-hybridized carbons (Fsp3) is 0.263. The maximum atomic E-state index is 14.9. The molecule has 2 aliphatic rings. The van der Waals surface area contributed by atoms with Crippen molar-refractivity contribution in [3.63, 3.8) is 0 Å². The standard InChI is InChI=1S/C19H19FN4O2S/c1-19(11-27(25,26)24(2)18(21)23-19)15-9-12-7-14(8-13(12)10-16(15)20)17-5-3-4-6-22-17/h3-6,8-10H,7,11H2,1-2H3,(H2,21,23)/t19-/m0/s1. The van der Waals surface area contributed by atoms with Crippen molar-refractivity contribution in [3.8, 4) is 0 Å². The molecule has 0 unspecified atom stereocenters. The molecule has 140 valence electrons. The maximum absolute atomic E-state index is 14.9. The molecule has 1 aromatic heterocycles. The molecule has 8 heteroatoms. The van der Waals surface area contributed by atoms with Crippen molar-refractivity contribution in [2.24, 2.45) is 10.7 Å². The number of aromatic nitrogens is 1. The summed E-state index contributed by atoms with van der Waals surface area (Å²) in [6, 6.07) is 8.79. The van der Waals surface area contributed by atoms with Crippen LogP contribution in [0.5, 0.6) is 0 Å². The summed E-state index contributed by atoms with van der Waals surface area (Å²) in [5, 5.41) is 0. The molecule has 0 radical (unpaired) electrons. The number of fused-ring (bicyclic) bond motifs is 1. The number of guanidine groups is 1. The Balaban J connectivity index is 1.76. The molecule has 2 aromatic rings. The van der Waals surface area contributed by atoms with Crippen LogP contribution in [0.3, 0.4) is 0 Å². The molecule has 1 atom stereocenters. The Morgan fingerprint density at radius 2 is 2.07 bits per heavy atom. The predicted molar refractivity (Wildman–Crippen MR) is 103 cm³/mol. The third-order valence-corrected chi connectivity index (χ3v) is 7.03. The van der Waals surface area contributed by atoms with E-state index in [2.05, 4.69) is 9.98 Å². The lowest BCUT2D eigenvalue weighted by molar-refractivity contribution is 0.457. The minimum atomic E-state index is -3.66.